The quantitative estimate of drug-likeness (QED) is 0.526. The molecule has 0 bridgehead atoms. The number of carbonyl (C=O) groups excluding carboxylic acids is 1. The van der Waals surface area contributed by atoms with E-state index in [0.717, 1.165) is 28.2 Å². The molecule has 0 aliphatic rings. The predicted octanol–water partition coefficient (Wildman–Crippen LogP) is 3.47. The standard InChI is InChI=1S/C21H21FN4O2/c1-14-5-4-6-19(11-14)28-13-21(27)24-23-12-20-15(2)25-26(16(20)3)18-9-7-17(22)8-10-18/h4-12H,13H2,1-3H3,(H,24,27)/b23-12-. The number of amides is 1. The van der Waals surface area contributed by atoms with Crippen molar-refractivity contribution in [3.05, 3.63) is 76.9 Å². The lowest BCUT2D eigenvalue weighted by atomic mass is 10.2. The molecule has 6 nitrogen and oxygen atoms in total. The van der Waals surface area contributed by atoms with Crippen LogP contribution >= 0.6 is 0 Å². The number of rotatable bonds is 6. The molecule has 1 N–H and O–H groups in total. The topological polar surface area (TPSA) is 68.5 Å². The highest BCUT2D eigenvalue weighted by atomic mass is 19.1. The number of aryl methyl sites for hydroxylation is 2. The summed E-state index contributed by atoms with van der Waals surface area (Å²) >= 11 is 0. The van der Waals surface area contributed by atoms with Gasteiger partial charge in [-0.3, -0.25) is 4.79 Å². The lowest BCUT2D eigenvalue weighted by molar-refractivity contribution is -0.123. The average Bonchev–Trinajstić information content (AvgIpc) is 2.95. The van der Waals surface area contributed by atoms with Crippen molar-refractivity contribution < 1.29 is 13.9 Å². The Morgan fingerprint density at radius 1 is 1.21 bits per heavy atom. The molecule has 0 aliphatic carbocycles. The molecule has 0 aliphatic heterocycles. The third kappa shape index (κ3) is 4.62. The van der Waals surface area contributed by atoms with E-state index in [4.69, 9.17) is 4.74 Å². The summed E-state index contributed by atoms with van der Waals surface area (Å²) in [4.78, 5) is 11.9. The van der Waals surface area contributed by atoms with E-state index in [1.807, 2.05) is 39.0 Å². The van der Waals surface area contributed by atoms with Crippen LogP contribution in [0, 0.1) is 26.6 Å². The molecular weight excluding hydrogens is 359 g/mol. The van der Waals surface area contributed by atoms with Crippen LogP contribution < -0.4 is 10.2 Å². The molecule has 3 aromatic rings. The summed E-state index contributed by atoms with van der Waals surface area (Å²) in [6.45, 7) is 5.55. The Bertz CT molecular complexity index is 1010. The second kappa shape index (κ2) is 8.47. The SMILES string of the molecule is Cc1cccc(OCC(=O)N/N=C\c2c(C)nn(-c3ccc(F)cc3)c2C)c1. The minimum absolute atomic E-state index is 0.131. The Kier molecular flexibility index (Phi) is 5.84. The van der Waals surface area contributed by atoms with Crippen molar-refractivity contribution in [3.8, 4) is 11.4 Å². The van der Waals surface area contributed by atoms with Crippen molar-refractivity contribution in [1.29, 1.82) is 0 Å². The first kappa shape index (κ1) is 19.3. The van der Waals surface area contributed by atoms with Gasteiger partial charge < -0.3 is 4.74 Å². The third-order valence-corrected chi connectivity index (χ3v) is 4.16. The molecule has 0 radical (unpaired) electrons. The molecule has 0 saturated heterocycles. The number of benzene rings is 2. The number of halogens is 1. The second-order valence-electron chi connectivity index (χ2n) is 6.37. The Hall–Kier alpha value is -3.48. The molecule has 1 amide bonds. The molecule has 144 valence electrons. The van der Waals surface area contributed by atoms with Gasteiger partial charge in [0.25, 0.3) is 5.91 Å². The molecule has 1 aromatic heterocycles. The van der Waals surface area contributed by atoms with E-state index in [1.54, 1.807) is 29.1 Å². The van der Waals surface area contributed by atoms with Crippen LogP contribution in [0.15, 0.2) is 53.6 Å². The van der Waals surface area contributed by atoms with Crippen molar-refractivity contribution in [2.45, 2.75) is 20.8 Å². The molecule has 0 spiro atoms. The van der Waals surface area contributed by atoms with Gasteiger partial charge in [0.15, 0.2) is 6.61 Å². The molecule has 1 heterocycles. The fraction of sp³-hybridized carbons (Fsp3) is 0.190. The normalized spacial score (nSPS) is 11.0. The number of hydrogen-bond donors (Lipinski definition) is 1. The lowest BCUT2D eigenvalue weighted by Gasteiger charge is -2.05. The fourth-order valence-corrected chi connectivity index (χ4v) is 2.73. The van der Waals surface area contributed by atoms with Crippen LogP contribution in [-0.4, -0.2) is 28.5 Å². The summed E-state index contributed by atoms with van der Waals surface area (Å²) in [5.41, 5.74) is 6.61. The van der Waals surface area contributed by atoms with E-state index >= 15 is 0 Å². The van der Waals surface area contributed by atoms with Crippen molar-refractivity contribution >= 4 is 12.1 Å². The van der Waals surface area contributed by atoms with E-state index in [-0.39, 0.29) is 18.3 Å². The van der Waals surface area contributed by atoms with Gasteiger partial charge in [0, 0.05) is 5.56 Å². The van der Waals surface area contributed by atoms with Gasteiger partial charge in [-0.05, 0) is 62.7 Å². The summed E-state index contributed by atoms with van der Waals surface area (Å²) < 4.78 is 20.3. The van der Waals surface area contributed by atoms with Crippen molar-refractivity contribution in [3.63, 3.8) is 0 Å². The maximum Gasteiger partial charge on any atom is 0.277 e. The van der Waals surface area contributed by atoms with E-state index in [9.17, 15) is 9.18 Å². The van der Waals surface area contributed by atoms with Crippen molar-refractivity contribution in [2.24, 2.45) is 5.10 Å². The van der Waals surface area contributed by atoms with Crippen molar-refractivity contribution in [2.75, 3.05) is 6.61 Å². The minimum Gasteiger partial charge on any atom is -0.484 e. The minimum atomic E-state index is -0.362. The van der Waals surface area contributed by atoms with Crippen LogP contribution in [0.4, 0.5) is 4.39 Å². The molecule has 0 atom stereocenters. The first-order chi connectivity index (χ1) is 13.4. The van der Waals surface area contributed by atoms with Gasteiger partial charge >= 0.3 is 0 Å². The van der Waals surface area contributed by atoms with E-state index in [2.05, 4.69) is 15.6 Å². The van der Waals surface area contributed by atoms with Gasteiger partial charge in [-0.15, -0.1) is 0 Å². The Balaban J connectivity index is 1.62. The first-order valence-corrected chi connectivity index (χ1v) is 8.77. The van der Waals surface area contributed by atoms with E-state index in [0.29, 0.717) is 5.75 Å². The molecule has 0 fully saturated rings. The zero-order chi connectivity index (χ0) is 20.1. The highest BCUT2D eigenvalue weighted by Gasteiger charge is 2.11. The van der Waals surface area contributed by atoms with Crippen LogP contribution in [0.3, 0.4) is 0 Å². The fourth-order valence-electron chi connectivity index (χ4n) is 2.73. The predicted molar refractivity (Wildman–Crippen MR) is 105 cm³/mol. The smallest absolute Gasteiger partial charge is 0.277 e. The zero-order valence-electron chi connectivity index (χ0n) is 15.9. The van der Waals surface area contributed by atoms with Gasteiger partial charge in [0.1, 0.15) is 11.6 Å². The summed E-state index contributed by atoms with van der Waals surface area (Å²) in [7, 11) is 0. The monoisotopic (exact) mass is 380 g/mol. The highest BCUT2D eigenvalue weighted by molar-refractivity contribution is 5.85. The first-order valence-electron chi connectivity index (χ1n) is 8.77. The number of carbonyl (C=O) groups is 1. The van der Waals surface area contributed by atoms with Crippen LogP contribution in [0.2, 0.25) is 0 Å². The molecule has 3 rings (SSSR count). The average molecular weight is 380 g/mol. The van der Waals surface area contributed by atoms with Crippen LogP contribution in [-0.2, 0) is 4.79 Å². The molecule has 0 saturated carbocycles. The van der Waals surface area contributed by atoms with Gasteiger partial charge in [-0.2, -0.15) is 10.2 Å². The molecular formula is C21H21FN4O2. The molecule has 28 heavy (non-hydrogen) atoms. The zero-order valence-corrected chi connectivity index (χ0v) is 15.9. The van der Waals surface area contributed by atoms with Gasteiger partial charge in [0.05, 0.1) is 23.3 Å². The molecule has 2 aromatic carbocycles. The van der Waals surface area contributed by atoms with Gasteiger partial charge in [-0.1, -0.05) is 12.1 Å². The molecule has 0 unspecified atom stereocenters. The summed E-state index contributed by atoms with van der Waals surface area (Å²) in [6, 6.07) is 13.5. The summed E-state index contributed by atoms with van der Waals surface area (Å²) in [5.74, 6) is -0.0342. The number of nitrogens with zero attached hydrogens (tertiary/aromatic N) is 3. The number of ether oxygens (including phenoxy) is 1. The largest absolute Gasteiger partial charge is 0.484 e. The number of aromatic nitrogens is 2. The van der Waals surface area contributed by atoms with E-state index in [1.165, 1.54) is 12.1 Å². The summed E-state index contributed by atoms with van der Waals surface area (Å²) in [5, 5.41) is 8.45. The van der Waals surface area contributed by atoms with E-state index < -0.39 is 0 Å². The second-order valence-corrected chi connectivity index (χ2v) is 6.37. The Morgan fingerprint density at radius 2 is 1.96 bits per heavy atom. The Labute approximate surface area is 162 Å². The van der Waals surface area contributed by atoms with Crippen LogP contribution in [0.25, 0.3) is 5.69 Å². The highest BCUT2D eigenvalue weighted by Crippen LogP contribution is 2.17. The number of nitrogens with one attached hydrogen (secondary N) is 1. The maximum atomic E-state index is 13.1. The van der Waals surface area contributed by atoms with Crippen LogP contribution in [0.1, 0.15) is 22.5 Å². The van der Waals surface area contributed by atoms with Crippen LogP contribution in [0.5, 0.6) is 5.75 Å². The lowest BCUT2D eigenvalue weighted by Crippen LogP contribution is -2.24. The Morgan fingerprint density at radius 3 is 2.68 bits per heavy atom. The van der Waals surface area contributed by atoms with Gasteiger partial charge in [-0.25, -0.2) is 14.5 Å². The number of hydrazone groups is 1. The molecule has 7 heteroatoms. The van der Waals surface area contributed by atoms with Crippen molar-refractivity contribution in [1.82, 2.24) is 15.2 Å². The third-order valence-electron chi connectivity index (χ3n) is 4.16. The maximum absolute atomic E-state index is 13.1. The summed E-state index contributed by atoms with van der Waals surface area (Å²) in [6.07, 6.45) is 1.54. The number of hydrogen-bond acceptors (Lipinski definition) is 4. The van der Waals surface area contributed by atoms with Gasteiger partial charge in [0.2, 0.25) is 0 Å².